The Labute approximate surface area is 160 Å². The number of nitrogens with one attached hydrogen (secondary N) is 1. The number of amides is 1. The number of rotatable bonds is 6. The highest BCUT2D eigenvalue weighted by molar-refractivity contribution is 5.98. The van der Waals surface area contributed by atoms with Gasteiger partial charge in [-0.25, -0.2) is 4.79 Å². The lowest BCUT2D eigenvalue weighted by molar-refractivity contribution is -0.123. The van der Waals surface area contributed by atoms with Crippen LogP contribution in [0.15, 0.2) is 48.5 Å². The van der Waals surface area contributed by atoms with Crippen molar-refractivity contribution >= 4 is 17.6 Å². The van der Waals surface area contributed by atoms with Gasteiger partial charge in [-0.3, -0.25) is 4.79 Å². The van der Waals surface area contributed by atoms with Crippen LogP contribution in [0.2, 0.25) is 0 Å². The molecule has 0 saturated heterocycles. The molecule has 2 rings (SSSR count). The average Bonchev–Trinajstić information content (AvgIpc) is 2.62. The number of benzene rings is 2. The number of ether oxygens (including phenoxy) is 2. The van der Waals surface area contributed by atoms with E-state index in [1.165, 1.54) is 0 Å². The number of hydrogen-bond acceptors (Lipinski definition) is 4. The zero-order valence-corrected chi connectivity index (χ0v) is 16.5. The van der Waals surface area contributed by atoms with Crippen LogP contribution in [0.4, 0.5) is 5.69 Å². The van der Waals surface area contributed by atoms with E-state index in [9.17, 15) is 9.59 Å². The van der Waals surface area contributed by atoms with Gasteiger partial charge in [0.25, 0.3) is 5.91 Å². The minimum atomic E-state index is -0.936. The lowest BCUT2D eigenvalue weighted by Crippen LogP contribution is -2.30. The summed E-state index contributed by atoms with van der Waals surface area (Å²) in [5.74, 6) is -0.373. The van der Waals surface area contributed by atoms with Crippen molar-refractivity contribution in [3.8, 4) is 5.75 Å². The summed E-state index contributed by atoms with van der Waals surface area (Å²) in [5.41, 5.74) is 2.08. The summed E-state index contributed by atoms with van der Waals surface area (Å²) >= 11 is 0. The van der Waals surface area contributed by atoms with E-state index in [2.05, 4.69) is 26.1 Å². The minimum Gasteiger partial charge on any atom is -0.492 e. The molecule has 0 fully saturated rings. The summed E-state index contributed by atoms with van der Waals surface area (Å²) < 4.78 is 10.8. The van der Waals surface area contributed by atoms with E-state index >= 15 is 0 Å². The van der Waals surface area contributed by atoms with Gasteiger partial charge in [0.05, 0.1) is 17.9 Å². The summed E-state index contributed by atoms with van der Waals surface area (Å²) in [4.78, 5) is 24.7. The number of carbonyl (C=O) groups is 2. The van der Waals surface area contributed by atoms with Crippen molar-refractivity contribution in [2.24, 2.45) is 0 Å². The molecule has 5 heteroatoms. The minimum absolute atomic E-state index is 0.00354. The fraction of sp³-hybridized carbons (Fsp3) is 0.364. The standard InChI is InChI=1S/C22H27NO4/c1-6-26-19-10-8-7-9-18(19)23-20(24)15(2)27-21(25)16-11-13-17(14-12-16)22(3,4)5/h7-15H,6H2,1-5H3,(H,23,24)/t15-/m1/s1. The molecule has 2 aromatic rings. The summed E-state index contributed by atoms with van der Waals surface area (Å²) in [6.07, 6.45) is -0.936. The lowest BCUT2D eigenvalue weighted by Gasteiger charge is -2.19. The van der Waals surface area contributed by atoms with Gasteiger partial charge in [0, 0.05) is 0 Å². The van der Waals surface area contributed by atoms with E-state index in [4.69, 9.17) is 9.47 Å². The van der Waals surface area contributed by atoms with Crippen molar-refractivity contribution in [2.45, 2.75) is 46.1 Å². The first-order valence-corrected chi connectivity index (χ1v) is 9.06. The number of anilines is 1. The van der Waals surface area contributed by atoms with Crippen molar-refractivity contribution in [3.63, 3.8) is 0 Å². The molecule has 1 atom stereocenters. The normalized spacial score (nSPS) is 12.2. The van der Waals surface area contributed by atoms with Crippen LogP contribution in [0.3, 0.4) is 0 Å². The van der Waals surface area contributed by atoms with E-state index in [1.807, 2.05) is 25.1 Å². The van der Waals surface area contributed by atoms with Gasteiger partial charge in [-0.05, 0) is 49.1 Å². The zero-order chi connectivity index (χ0) is 20.0. The summed E-state index contributed by atoms with van der Waals surface area (Å²) in [7, 11) is 0. The molecule has 2 aromatic carbocycles. The second-order valence-electron chi connectivity index (χ2n) is 7.29. The highest BCUT2D eigenvalue weighted by Crippen LogP contribution is 2.24. The third-order valence-corrected chi connectivity index (χ3v) is 4.08. The molecule has 0 unspecified atom stereocenters. The third-order valence-electron chi connectivity index (χ3n) is 4.08. The first kappa shape index (κ1) is 20.5. The number of para-hydroxylation sites is 2. The van der Waals surface area contributed by atoms with Crippen LogP contribution in [0.25, 0.3) is 0 Å². The molecule has 27 heavy (non-hydrogen) atoms. The Morgan fingerprint density at radius 2 is 1.67 bits per heavy atom. The molecule has 0 aliphatic carbocycles. The molecular formula is C22H27NO4. The lowest BCUT2D eigenvalue weighted by atomic mass is 9.87. The van der Waals surface area contributed by atoms with Crippen molar-refractivity contribution < 1.29 is 19.1 Å². The summed E-state index contributed by atoms with van der Waals surface area (Å²) in [5, 5.41) is 2.74. The Morgan fingerprint density at radius 3 is 2.26 bits per heavy atom. The molecule has 0 aliphatic rings. The topological polar surface area (TPSA) is 64.6 Å². The highest BCUT2D eigenvalue weighted by Gasteiger charge is 2.21. The molecule has 144 valence electrons. The number of esters is 1. The van der Waals surface area contributed by atoms with Crippen LogP contribution >= 0.6 is 0 Å². The van der Waals surface area contributed by atoms with E-state index in [0.717, 1.165) is 5.56 Å². The SMILES string of the molecule is CCOc1ccccc1NC(=O)[C@@H](C)OC(=O)c1ccc(C(C)(C)C)cc1. The Hall–Kier alpha value is -2.82. The largest absolute Gasteiger partial charge is 0.492 e. The second-order valence-corrected chi connectivity index (χ2v) is 7.29. The zero-order valence-electron chi connectivity index (χ0n) is 16.5. The van der Waals surface area contributed by atoms with Crippen LogP contribution in [0, 0.1) is 0 Å². The van der Waals surface area contributed by atoms with Crippen molar-refractivity contribution in [1.82, 2.24) is 0 Å². The molecular weight excluding hydrogens is 342 g/mol. The molecule has 0 spiro atoms. The quantitative estimate of drug-likeness (QED) is 0.758. The van der Waals surface area contributed by atoms with Crippen LogP contribution in [0.1, 0.15) is 50.5 Å². The van der Waals surface area contributed by atoms with E-state index in [0.29, 0.717) is 23.6 Å². The molecule has 0 aromatic heterocycles. The van der Waals surface area contributed by atoms with Gasteiger partial charge >= 0.3 is 5.97 Å². The van der Waals surface area contributed by atoms with E-state index in [1.54, 1.807) is 37.3 Å². The third kappa shape index (κ3) is 5.58. The fourth-order valence-electron chi connectivity index (χ4n) is 2.47. The van der Waals surface area contributed by atoms with Crippen molar-refractivity contribution in [3.05, 3.63) is 59.7 Å². The van der Waals surface area contributed by atoms with Gasteiger partial charge in [0.2, 0.25) is 0 Å². The Kier molecular flexibility index (Phi) is 6.61. The Balaban J connectivity index is 2.01. The van der Waals surface area contributed by atoms with Gasteiger partial charge in [0.1, 0.15) is 5.75 Å². The van der Waals surface area contributed by atoms with Crippen LogP contribution in [-0.2, 0) is 14.9 Å². The highest BCUT2D eigenvalue weighted by atomic mass is 16.5. The number of carbonyl (C=O) groups excluding carboxylic acids is 2. The maximum Gasteiger partial charge on any atom is 0.338 e. The average molecular weight is 369 g/mol. The van der Waals surface area contributed by atoms with Gasteiger partial charge in [0.15, 0.2) is 6.10 Å². The molecule has 1 N–H and O–H groups in total. The Morgan fingerprint density at radius 1 is 1.04 bits per heavy atom. The van der Waals surface area contributed by atoms with Crippen LogP contribution in [-0.4, -0.2) is 24.6 Å². The van der Waals surface area contributed by atoms with Crippen molar-refractivity contribution in [2.75, 3.05) is 11.9 Å². The molecule has 0 saturated carbocycles. The molecule has 5 nitrogen and oxygen atoms in total. The predicted octanol–water partition coefficient (Wildman–Crippen LogP) is 4.57. The smallest absolute Gasteiger partial charge is 0.338 e. The van der Waals surface area contributed by atoms with Crippen molar-refractivity contribution in [1.29, 1.82) is 0 Å². The number of hydrogen-bond donors (Lipinski definition) is 1. The van der Waals surface area contributed by atoms with Gasteiger partial charge < -0.3 is 14.8 Å². The van der Waals surface area contributed by atoms with Gasteiger partial charge in [-0.2, -0.15) is 0 Å². The first-order valence-electron chi connectivity index (χ1n) is 9.06. The second kappa shape index (κ2) is 8.71. The van der Waals surface area contributed by atoms with E-state index in [-0.39, 0.29) is 5.41 Å². The van der Waals surface area contributed by atoms with Crippen LogP contribution < -0.4 is 10.1 Å². The summed E-state index contributed by atoms with van der Waals surface area (Å²) in [6, 6.07) is 14.4. The predicted molar refractivity (Wildman–Crippen MR) is 106 cm³/mol. The van der Waals surface area contributed by atoms with Crippen LogP contribution in [0.5, 0.6) is 5.75 Å². The monoisotopic (exact) mass is 369 g/mol. The molecule has 1 amide bonds. The molecule has 0 radical (unpaired) electrons. The van der Waals surface area contributed by atoms with Gasteiger partial charge in [-0.15, -0.1) is 0 Å². The molecule has 0 heterocycles. The maximum absolute atomic E-state index is 12.4. The molecule has 0 bridgehead atoms. The Bertz CT molecular complexity index is 791. The maximum atomic E-state index is 12.4. The first-order chi connectivity index (χ1) is 12.7. The van der Waals surface area contributed by atoms with Gasteiger partial charge in [-0.1, -0.05) is 45.0 Å². The fourth-order valence-corrected chi connectivity index (χ4v) is 2.47. The summed E-state index contributed by atoms with van der Waals surface area (Å²) in [6.45, 7) is 10.2. The van der Waals surface area contributed by atoms with E-state index < -0.39 is 18.0 Å². The molecule has 0 aliphatic heterocycles.